The number of benzene rings is 2. The summed E-state index contributed by atoms with van der Waals surface area (Å²) in [7, 11) is 1.64. The van der Waals surface area contributed by atoms with Crippen LogP contribution in [0.25, 0.3) is 0 Å². The van der Waals surface area contributed by atoms with E-state index in [9.17, 15) is 0 Å². The Hall–Kier alpha value is -2.16. The topological polar surface area (TPSA) is 44.5 Å². The summed E-state index contributed by atoms with van der Waals surface area (Å²) in [6, 6.07) is 13.8. The quantitative estimate of drug-likeness (QED) is 0.858. The van der Waals surface area contributed by atoms with Gasteiger partial charge in [0, 0.05) is 17.3 Å². The third-order valence-electron chi connectivity index (χ3n) is 3.39. The highest BCUT2D eigenvalue weighted by molar-refractivity contribution is 5.48. The van der Waals surface area contributed by atoms with Gasteiger partial charge in [-0.25, -0.2) is 0 Å². The largest absolute Gasteiger partial charge is 0.496 e. The minimum atomic E-state index is 0.0434. The average molecular weight is 285 g/mol. The maximum Gasteiger partial charge on any atom is 0.127 e. The van der Waals surface area contributed by atoms with Crippen LogP contribution in [0.5, 0.6) is 11.5 Å². The predicted molar refractivity (Wildman–Crippen MR) is 86.9 cm³/mol. The van der Waals surface area contributed by atoms with Crippen LogP contribution in [0.3, 0.4) is 0 Å². The van der Waals surface area contributed by atoms with Gasteiger partial charge in [-0.15, -0.1) is 0 Å². The molecule has 0 aliphatic rings. The van der Waals surface area contributed by atoms with E-state index in [4.69, 9.17) is 15.2 Å². The molecule has 0 aliphatic carbocycles. The maximum absolute atomic E-state index is 6.01. The molecule has 0 amide bonds. The molecule has 0 saturated carbocycles. The SMILES string of the molecule is COc1cc(N)ccc1COc1ccccc1C(C)(C)C. The monoisotopic (exact) mass is 285 g/mol. The Morgan fingerprint density at radius 2 is 1.71 bits per heavy atom. The van der Waals surface area contributed by atoms with Gasteiger partial charge in [0.05, 0.1) is 7.11 Å². The predicted octanol–water partition coefficient (Wildman–Crippen LogP) is 4.15. The minimum absolute atomic E-state index is 0.0434. The highest BCUT2D eigenvalue weighted by Crippen LogP contribution is 2.32. The van der Waals surface area contributed by atoms with Gasteiger partial charge in [-0.1, -0.05) is 39.0 Å². The molecule has 3 nitrogen and oxygen atoms in total. The van der Waals surface area contributed by atoms with E-state index < -0.39 is 0 Å². The van der Waals surface area contributed by atoms with E-state index in [1.165, 1.54) is 5.56 Å². The number of hydrogen-bond donors (Lipinski definition) is 1. The molecule has 0 fully saturated rings. The number of nitrogens with two attached hydrogens (primary N) is 1. The van der Waals surface area contributed by atoms with Crippen LogP contribution in [0, 0.1) is 0 Å². The summed E-state index contributed by atoms with van der Waals surface area (Å²) in [4.78, 5) is 0. The molecule has 0 unspecified atom stereocenters. The second kappa shape index (κ2) is 6.08. The summed E-state index contributed by atoms with van der Waals surface area (Å²) >= 11 is 0. The molecule has 0 atom stereocenters. The van der Waals surface area contributed by atoms with Gasteiger partial charge in [0.1, 0.15) is 18.1 Å². The summed E-state index contributed by atoms with van der Waals surface area (Å²) in [5.41, 5.74) is 8.68. The Kier molecular flexibility index (Phi) is 4.41. The Morgan fingerprint density at radius 1 is 1.00 bits per heavy atom. The smallest absolute Gasteiger partial charge is 0.127 e. The Labute approximate surface area is 126 Å². The highest BCUT2D eigenvalue weighted by atomic mass is 16.5. The van der Waals surface area contributed by atoms with Crippen molar-refractivity contribution in [3.63, 3.8) is 0 Å². The van der Waals surface area contributed by atoms with Crippen molar-refractivity contribution in [2.75, 3.05) is 12.8 Å². The third-order valence-corrected chi connectivity index (χ3v) is 3.39. The zero-order valence-corrected chi connectivity index (χ0v) is 13.1. The third kappa shape index (κ3) is 3.69. The normalized spacial score (nSPS) is 11.2. The molecule has 3 heteroatoms. The lowest BCUT2D eigenvalue weighted by Crippen LogP contribution is -2.13. The van der Waals surface area contributed by atoms with Gasteiger partial charge in [0.2, 0.25) is 0 Å². The van der Waals surface area contributed by atoms with E-state index in [-0.39, 0.29) is 5.41 Å². The number of hydrogen-bond acceptors (Lipinski definition) is 3. The number of rotatable bonds is 4. The summed E-state index contributed by atoms with van der Waals surface area (Å²) in [6.07, 6.45) is 0. The summed E-state index contributed by atoms with van der Waals surface area (Å²) in [5, 5.41) is 0. The van der Waals surface area contributed by atoms with Crippen molar-refractivity contribution < 1.29 is 9.47 Å². The molecule has 0 aliphatic heterocycles. The molecule has 112 valence electrons. The molecule has 2 N–H and O–H groups in total. The number of anilines is 1. The fourth-order valence-corrected chi connectivity index (χ4v) is 2.25. The summed E-state index contributed by atoms with van der Waals surface area (Å²) in [6.45, 7) is 6.99. The molecule has 0 bridgehead atoms. The maximum atomic E-state index is 6.01. The molecule has 0 spiro atoms. The Bertz CT molecular complexity index is 615. The molecule has 0 radical (unpaired) electrons. The zero-order chi connectivity index (χ0) is 15.5. The number of methoxy groups -OCH3 is 1. The lowest BCUT2D eigenvalue weighted by Gasteiger charge is -2.23. The van der Waals surface area contributed by atoms with E-state index in [2.05, 4.69) is 26.8 Å². The van der Waals surface area contributed by atoms with Crippen LogP contribution in [0.2, 0.25) is 0 Å². The van der Waals surface area contributed by atoms with E-state index in [0.717, 1.165) is 17.1 Å². The second-order valence-corrected chi connectivity index (χ2v) is 6.11. The molecular weight excluding hydrogens is 262 g/mol. The molecule has 2 aromatic carbocycles. The van der Waals surface area contributed by atoms with Crippen molar-refractivity contribution in [3.05, 3.63) is 53.6 Å². The van der Waals surface area contributed by atoms with Crippen molar-refractivity contribution in [2.45, 2.75) is 32.8 Å². The first kappa shape index (κ1) is 15.2. The molecule has 0 heterocycles. The molecule has 0 aromatic heterocycles. The lowest BCUT2D eigenvalue weighted by atomic mass is 9.86. The van der Waals surface area contributed by atoms with Crippen LogP contribution in [-0.4, -0.2) is 7.11 Å². The standard InChI is InChI=1S/C18H23NO2/c1-18(2,3)15-7-5-6-8-16(15)21-12-13-9-10-14(19)11-17(13)20-4/h5-11H,12,19H2,1-4H3. The van der Waals surface area contributed by atoms with Crippen molar-refractivity contribution >= 4 is 5.69 Å². The Morgan fingerprint density at radius 3 is 2.38 bits per heavy atom. The van der Waals surface area contributed by atoms with Crippen LogP contribution in [0.1, 0.15) is 31.9 Å². The number of para-hydroxylation sites is 1. The first-order valence-electron chi connectivity index (χ1n) is 7.06. The van der Waals surface area contributed by atoms with Gasteiger partial charge in [0.15, 0.2) is 0 Å². The van der Waals surface area contributed by atoms with Gasteiger partial charge < -0.3 is 15.2 Å². The molecular formula is C18H23NO2. The van der Waals surface area contributed by atoms with Crippen LogP contribution < -0.4 is 15.2 Å². The number of nitrogen functional groups attached to an aromatic ring is 1. The van der Waals surface area contributed by atoms with Crippen LogP contribution in [0.15, 0.2) is 42.5 Å². The summed E-state index contributed by atoms with van der Waals surface area (Å²) < 4.78 is 11.4. The van der Waals surface area contributed by atoms with E-state index in [1.54, 1.807) is 7.11 Å². The second-order valence-electron chi connectivity index (χ2n) is 6.11. The van der Waals surface area contributed by atoms with E-state index in [0.29, 0.717) is 12.3 Å². The van der Waals surface area contributed by atoms with Gasteiger partial charge >= 0.3 is 0 Å². The van der Waals surface area contributed by atoms with Crippen molar-refractivity contribution in [1.82, 2.24) is 0 Å². The van der Waals surface area contributed by atoms with Crippen LogP contribution in [-0.2, 0) is 12.0 Å². The molecule has 0 saturated heterocycles. The first-order valence-corrected chi connectivity index (χ1v) is 7.06. The van der Waals surface area contributed by atoms with E-state index >= 15 is 0 Å². The summed E-state index contributed by atoms with van der Waals surface area (Å²) in [5.74, 6) is 1.66. The molecule has 21 heavy (non-hydrogen) atoms. The average Bonchev–Trinajstić information content (AvgIpc) is 2.45. The number of ether oxygens (including phenoxy) is 2. The van der Waals surface area contributed by atoms with Crippen LogP contribution in [0.4, 0.5) is 5.69 Å². The fourth-order valence-electron chi connectivity index (χ4n) is 2.25. The molecule has 2 aromatic rings. The highest BCUT2D eigenvalue weighted by Gasteiger charge is 2.18. The van der Waals surface area contributed by atoms with Gasteiger partial charge in [-0.05, 0) is 29.2 Å². The minimum Gasteiger partial charge on any atom is -0.496 e. The fraction of sp³-hybridized carbons (Fsp3) is 0.333. The zero-order valence-electron chi connectivity index (χ0n) is 13.1. The molecule has 2 rings (SSSR count). The van der Waals surface area contributed by atoms with Gasteiger partial charge in [0.25, 0.3) is 0 Å². The van der Waals surface area contributed by atoms with Crippen molar-refractivity contribution in [2.24, 2.45) is 0 Å². The van der Waals surface area contributed by atoms with Crippen LogP contribution >= 0.6 is 0 Å². The first-order chi connectivity index (χ1) is 9.91. The van der Waals surface area contributed by atoms with Crippen molar-refractivity contribution in [3.8, 4) is 11.5 Å². The van der Waals surface area contributed by atoms with Crippen molar-refractivity contribution in [1.29, 1.82) is 0 Å². The van der Waals surface area contributed by atoms with Gasteiger partial charge in [-0.2, -0.15) is 0 Å². The van der Waals surface area contributed by atoms with E-state index in [1.807, 2.05) is 36.4 Å². The van der Waals surface area contributed by atoms with Gasteiger partial charge in [-0.3, -0.25) is 0 Å². The lowest BCUT2D eigenvalue weighted by molar-refractivity contribution is 0.289. The Balaban J connectivity index is 2.21.